The Labute approximate surface area is 116 Å². The number of piperazine rings is 1. The first kappa shape index (κ1) is 14.2. The van der Waals surface area contributed by atoms with Crippen LogP contribution in [0, 0.1) is 0 Å². The van der Waals surface area contributed by atoms with Crippen LogP contribution >= 0.6 is 0 Å². The number of rotatable bonds is 5. The van der Waals surface area contributed by atoms with Crippen LogP contribution in [-0.4, -0.2) is 55.7 Å². The molecule has 1 aromatic rings. The highest BCUT2D eigenvalue weighted by atomic mass is 16.5. The van der Waals surface area contributed by atoms with Gasteiger partial charge in [-0.2, -0.15) is 0 Å². The van der Waals surface area contributed by atoms with Crippen molar-refractivity contribution in [3.63, 3.8) is 0 Å². The summed E-state index contributed by atoms with van der Waals surface area (Å²) in [6.07, 6.45) is 1.05. The number of nitrogen functional groups attached to an aromatic ring is 1. The molecular weight excluding hydrogens is 238 g/mol. The highest BCUT2D eigenvalue weighted by Crippen LogP contribution is 2.15. The molecular formula is C15H25N3O. The maximum atomic E-state index is 5.75. The molecule has 0 aromatic heterocycles. The number of hydrogen-bond donors (Lipinski definition) is 1. The molecule has 4 nitrogen and oxygen atoms in total. The lowest BCUT2D eigenvalue weighted by atomic mass is 10.2. The SMILES string of the molecule is CC(CCOc1cccc(N)c1)N1CCN(C)CC1. The Hall–Kier alpha value is -1.26. The van der Waals surface area contributed by atoms with E-state index in [0.29, 0.717) is 6.04 Å². The quantitative estimate of drug-likeness (QED) is 0.821. The molecule has 1 aromatic carbocycles. The summed E-state index contributed by atoms with van der Waals surface area (Å²) in [5.74, 6) is 0.866. The number of benzene rings is 1. The Kier molecular flexibility index (Phi) is 5.05. The van der Waals surface area contributed by atoms with Gasteiger partial charge in [-0.1, -0.05) is 6.07 Å². The van der Waals surface area contributed by atoms with Gasteiger partial charge in [-0.3, -0.25) is 4.90 Å². The van der Waals surface area contributed by atoms with Crippen molar-refractivity contribution in [3.05, 3.63) is 24.3 Å². The van der Waals surface area contributed by atoms with Gasteiger partial charge < -0.3 is 15.4 Å². The first-order chi connectivity index (χ1) is 9.15. The number of likely N-dealkylation sites (N-methyl/N-ethyl adjacent to an activating group) is 1. The molecule has 106 valence electrons. The lowest BCUT2D eigenvalue weighted by Crippen LogP contribution is -2.48. The highest BCUT2D eigenvalue weighted by molar-refractivity contribution is 5.43. The summed E-state index contributed by atoms with van der Waals surface area (Å²) in [5, 5.41) is 0. The summed E-state index contributed by atoms with van der Waals surface area (Å²) < 4.78 is 5.75. The fourth-order valence-electron chi connectivity index (χ4n) is 2.40. The first-order valence-electron chi connectivity index (χ1n) is 7.06. The number of ether oxygens (including phenoxy) is 1. The van der Waals surface area contributed by atoms with Crippen molar-refractivity contribution in [3.8, 4) is 5.75 Å². The molecule has 1 unspecified atom stereocenters. The molecule has 2 rings (SSSR count). The molecule has 1 atom stereocenters. The van der Waals surface area contributed by atoms with Gasteiger partial charge in [0.05, 0.1) is 6.61 Å². The van der Waals surface area contributed by atoms with E-state index < -0.39 is 0 Å². The van der Waals surface area contributed by atoms with E-state index >= 15 is 0 Å². The summed E-state index contributed by atoms with van der Waals surface area (Å²) >= 11 is 0. The maximum Gasteiger partial charge on any atom is 0.121 e. The van der Waals surface area contributed by atoms with Gasteiger partial charge >= 0.3 is 0 Å². The van der Waals surface area contributed by atoms with Gasteiger partial charge in [0.15, 0.2) is 0 Å². The van der Waals surface area contributed by atoms with E-state index in [4.69, 9.17) is 10.5 Å². The molecule has 0 radical (unpaired) electrons. The number of nitrogens with two attached hydrogens (primary N) is 1. The van der Waals surface area contributed by atoms with Crippen LogP contribution in [0.1, 0.15) is 13.3 Å². The third-order valence-corrected chi connectivity index (χ3v) is 3.82. The molecule has 1 saturated heterocycles. The topological polar surface area (TPSA) is 41.7 Å². The summed E-state index contributed by atoms with van der Waals surface area (Å²) in [6, 6.07) is 8.21. The summed E-state index contributed by atoms with van der Waals surface area (Å²) in [4.78, 5) is 4.93. The van der Waals surface area contributed by atoms with Gasteiger partial charge in [0, 0.05) is 44.0 Å². The fraction of sp³-hybridized carbons (Fsp3) is 0.600. The number of nitrogens with zero attached hydrogens (tertiary/aromatic N) is 2. The van der Waals surface area contributed by atoms with E-state index in [1.54, 1.807) is 0 Å². The predicted octanol–water partition coefficient (Wildman–Crippen LogP) is 1.67. The molecule has 1 fully saturated rings. The minimum Gasteiger partial charge on any atom is -0.493 e. The van der Waals surface area contributed by atoms with E-state index in [9.17, 15) is 0 Å². The molecule has 0 bridgehead atoms. The van der Waals surface area contributed by atoms with Crippen LogP contribution in [0.3, 0.4) is 0 Å². The lowest BCUT2D eigenvalue weighted by Gasteiger charge is -2.36. The third kappa shape index (κ3) is 4.40. The highest BCUT2D eigenvalue weighted by Gasteiger charge is 2.18. The molecule has 2 N–H and O–H groups in total. The van der Waals surface area contributed by atoms with Crippen LogP contribution in [0.4, 0.5) is 5.69 Å². The zero-order valence-electron chi connectivity index (χ0n) is 12.0. The van der Waals surface area contributed by atoms with Gasteiger partial charge in [-0.05, 0) is 32.5 Å². The standard InChI is InChI=1S/C15H25N3O/c1-13(18-9-7-17(2)8-10-18)6-11-19-15-5-3-4-14(16)12-15/h3-5,12-13H,6-11,16H2,1-2H3. The summed E-state index contributed by atoms with van der Waals surface area (Å²) in [7, 11) is 2.19. The Bertz CT molecular complexity index is 389. The van der Waals surface area contributed by atoms with Crippen LogP contribution < -0.4 is 10.5 Å². The van der Waals surface area contributed by atoms with Crippen molar-refractivity contribution < 1.29 is 4.74 Å². The van der Waals surface area contributed by atoms with Crippen molar-refractivity contribution in [2.75, 3.05) is 45.6 Å². The molecule has 0 aliphatic carbocycles. The van der Waals surface area contributed by atoms with Crippen LogP contribution in [0.2, 0.25) is 0 Å². The van der Waals surface area contributed by atoms with Gasteiger partial charge in [-0.25, -0.2) is 0 Å². The second-order valence-corrected chi connectivity index (χ2v) is 5.40. The van der Waals surface area contributed by atoms with Crippen LogP contribution in [0.15, 0.2) is 24.3 Å². The average molecular weight is 263 g/mol. The molecule has 0 amide bonds. The normalized spacial score (nSPS) is 19.3. The molecule has 1 aliphatic heterocycles. The predicted molar refractivity (Wildman–Crippen MR) is 79.5 cm³/mol. The third-order valence-electron chi connectivity index (χ3n) is 3.82. The van der Waals surface area contributed by atoms with E-state index in [2.05, 4.69) is 23.8 Å². The maximum absolute atomic E-state index is 5.75. The Morgan fingerprint density at radius 1 is 1.26 bits per heavy atom. The minimum absolute atomic E-state index is 0.578. The van der Waals surface area contributed by atoms with Crippen molar-refractivity contribution in [2.45, 2.75) is 19.4 Å². The van der Waals surface area contributed by atoms with Gasteiger partial charge in [0.25, 0.3) is 0 Å². The van der Waals surface area contributed by atoms with E-state index in [-0.39, 0.29) is 0 Å². The van der Waals surface area contributed by atoms with Crippen LogP contribution in [0.25, 0.3) is 0 Å². The van der Waals surface area contributed by atoms with Crippen molar-refractivity contribution in [2.24, 2.45) is 0 Å². The second-order valence-electron chi connectivity index (χ2n) is 5.40. The van der Waals surface area contributed by atoms with Crippen molar-refractivity contribution >= 4 is 5.69 Å². The monoisotopic (exact) mass is 263 g/mol. The smallest absolute Gasteiger partial charge is 0.121 e. The van der Waals surface area contributed by atoms with E-state index in [1.165, 1.54) is 13.1 Å². The Morgan fingerprint density at radius 2 is 2.00 bits per heavy atom. The summed E-state index contributed by atoms with van der Waals surface area (Å²) in [5.41, 5.74) is 6.48. The van der Waals surface area contributed by atoms with E-state index in [1.807, 2.05) is 24.3 Å². The Balaban J connectivity index is 1.70. The Morgan fingerprint density at radius 3 is 2.68 bits per heavy atom. The van der Waals surface area contributed by atoms with Crippen molar-refractivity contribution in [1.29, 1.82) is 0 Å². The van der Waals surface area contributed by atoms with Gasteiger partial charge in [0.1, 0.15) is 5.75 Å². The molecule has 4 heteroatoms. The molecule has 1 aliphatic rings. The second kappa shape index (κ2) is 6.78. The van der Waals surface area contributed by atoms with Crippen LogP contribution in [0.5, 0.6) is 5.75 Å². The molecule has 0 saturated carbocycles. The zero-order chi connectivity index (χ0) is 13.7. The van der Waals surface area contributed by atoms with E-state index in [0.717, 1.165) is 37.6 Å². The minimum atomic E-state index is 0.578. The van der Waals surface area contributed by atoms with Gasteiger partial charge in [0.2, 0.25) is 0 Å². The average Bonchev–Trinajstić information content (AvgIpc) is 2.39. The summed E-state index contributed by atoms with van der Waals surface area (Å²) in [6.45, 7) is 7.69. The molecule has 1 heterocycles. The zero-order valence-corrected chi connectivity index (χ0v) is 12.0. The lowest BCUT2D eigenvalue weighted by molar-refractivity contribution is 0.106. The first-order valence-corrected chi connectivity index (χ1v) is 7.06. The molecule has 0 spiro atoms. The molecule has 19 heavy (non-hydrogen) atoms. The number of anilines is 1. The van der Waals surface area contributed by atoms with Gasteiger partial charge in [-0.15, -0.1) is 0 Å². The number of hydrogen-bond acceptors (Lipinski definition) is 4. The fourth-order valence-corrected chi connectivity index (χ4v) is 2.40. The van der Waals surface area contributed by atoms with Crippen molar-refractivity contribution in [1.82, 2.24) is 9.80 Å². The largest absolute Gasteiger partial charge is 0.493 e. The van der Waals surface area contributed by atoms with Crippen LogP contribution in [-0.2, 0) is 0 Å².